The molecular weight excluding hydrogens is 649 g/mol. The van der Waals surface area contributed by atoms with Gasteiger partial charge in [0.25, 0.3) is 5.91 Å². The van der Waals surface area contributed by atoms with Crippen LogP contribution in [0.3, 0.4) is 0 Å². The summed E-state index contributed by atoms with van der Waals surface area (Å²) in [6.45, 7) is 2.54. The molecule has 17 heteroatoms. The molecule has 1 aromatic heterocycles. The number of nitrogens with one attached hydrogen (secondary N) is 1. The Balaban J connectivity index is 1.15. The molecule has 250 valence electrons. The van der Waals surface area contributed by atoms with Crippen LogP contribution in [-0.2, 0) is 29.3 Å². The molecular formula is C29H35F2N4O9PS. The molecule has 6 rings (SSSR count). The van der Waals surface area contributed by atoms with Gasteiger partial charge in [-0.3, -0.25) is 23.7 Å². The van der Waals surface area contributed by atoms with Crippen LogP contribution in [0.5, 0.6) is 0 Å². The fourth-order valence-electron chi connectivity index (χ4n) is 6.73. The maximum Gasteiger partial charge on any atom is 0.399 e. The quantitative estimate of drug-likeness (QED) is 0.328. The van der Waals surface area contributed by atoms with E-state index in [2.05, 4.69) is 5.32 Å². The van der Waals surface area contributed by atoms with E-state index in [0.29, 0.717) is 56.7 Å². The zero-order valence-electron chi connectivity index (χ0n) is 24.7. The molecule has 4 fully saturated rings. The summed E-state index contributed by atoms with van der Waals surface area (Å²) in [6, 6.07) is 2.10. The number of fused-ring (bicyclic) bond motifs is 2. The van der Waals surface area contributed by atoms with Gasteiger partial charge in [-0.1, -0.05) is 6.07 Å². The van der Waals surface area contributed by atoms with E-state index < -0.39 is 48.8 Å². The van der Waals surface area contributed by atoms with Crippen molar-refractivity contribution in [2.75, 3.05) is 39.4 Å². The summed E-state index contributed by atoms with van der Waals surface area (Å²) >= 11 is 0.947. The van der Waals surface area contributed by atoms with Crippen molar-refractivity contribution in [1.29, 1.82) is 0 Å². The van der Waals surface area contributed by atoms with E-state index in [1.807, 2.05) is 0 Å². The highest BCUT2D eigenvalue weighted by atomic mass is 32.1. The largest absolute Gasteiger partial charge is 0.399 e. The van der Waals surface area contributed by atoms with Gasteiger partial charge < -0.3 is 39.6 Å². The summed E-state index contributed by atoms with van der Waals surface area (Å²) < 4.78 is 45.6. The van der Waals surface area contributed by atoms with Crippen molar-refractivity contribution in [3.05, 3.63) is 34.7 Å². The molecule has 4 saturated heterocycles. The zero-order chi connectivity index (χ0) is 33.0. The molecule has 0 aliphatic carbocycles. The monoisotopic (exact) mass is 684 g/mol. The van der Waals surface area contributed by atoms with Crippen LogP contribution in [0.2, 0.25) is 0 Å². The van der Waals surface area contributed by atoms with Gasteiger partial charge in [0.05, 0.1) is 30.1 Å². The Morgan fingerprint density at radius 3 is 2.39 bits per heavy atom. The van der Waals surface area contributed by atoms with Gasteiger partial charge in [0.2, 0.25) is 17.7 Å². The number of hydrogen-bond acceptors (Lipinski definition) is 8. The maximum atomic E-state index is 14.3. The molecule has 5 heterocycles. The van der Waals surface area contributed by atoms with Crippen molar-refractivity contribution in [2.24, 2.45) is 5.92 Å². The smallest absolute Gasteiger partial charge is 0.393 e. The lowest BCUT2D eigenvalue weighted by atomic mass is 9.95. The van der Waals surface area contributed by atoms with Crippen molar-refractivity contribution in [1.82, 2.24) is 20.0 Å². The summed E-state index contributed by atoms with van der Waals surface area (Å²) in [6.07, 6.45) is 0.861. The fourth-order valence-corrected chi connectivity index (χ4v) is 8.15. The first-order chi connectivity index (χ1) is 21.7. The second-order valence-corrected chi connectivity index (χ2v) is 15.0. The lowest BCUT2D eigenvalue weighted by Crippen LogP contribution is -2.63. The molecule has 46 heavy (non-hydrogen) atoms. The molecule has 4 amide bonds. The van der Waals surface area contributed by atoms with Crippen LogP contribution < -0.4 is 5.32 Å². The number of rotatable bonds is 6. The summed E-state index contributed by atoms with van der Waals surface area (Å²) in [5.41, 5.74) is -5.31. The first-order valence-corrected chi connectivity index (χ1v) is 17.6. The minimum atomic E-state index is -5.79. The van der Waals surface area contributed by atoms with Crippen molar-refractivity contribution >= 4 is 52.6 Å². The average molecular weight is 685 g/mol. The average Bonchev–Trinajstić information content (AvgIpc) is 3.62. The molecule has 1 aromatic carbocycles. The number of carbonyl (C=O) groups is 4. The van der Waals surface area contributed by atoms with Gasteiger partial charge in [-0.25, -0.2) is 0 Å². The molecule has 0 radical (unpaired) electrons. The van der Waals surface area contributed by atoms with Crippen LogP contribution in [0, 0.1) is 5.92 Å². The Bertz CT molecular complexity index is 1590. The predicted molar refractivity (Wildman–Crippen MR) is 160 cm³/mol. The minimum Gasteiger partial charge on any atom is -0.393 e. The van der Waals surface area contributed by atoms with Gasteiger partial charge >= 0.3 is 13.3 Å². The minimum absolute atomic E-state index is 0.0104. The number of carbonyl (C=O) groups excluding carboxylic acids is 4. The van der Waals surface area contributed by atoms with Gasteiger partial charge in [0, 0.05) is 48.9 Å². The highest BCUT2D eigenvalue weighted by Crippen LogP contribution is 2.59. The standard InChI is InChI=1S/C29H35F2N4O9PS/c30-29(31,45(41,42)43)18-1-6-23-16(11-18)12-24(46-23)25(37)32-21-13-20(36)4-2-19-3-5-22(35(19)27(21)39)28(40)34-14-17(15-34)26(38)33-7-9-44-10-8-33/h1,6,11-12,17,19-22,36H,2-5,7-10,13-15H2,(H,32,37)(H2,41,42,43)/t19-,20+,21-,22-/m0/s1. The van der Waals surface area contributed by atoms with Gasteiger partial charge in [-0.05, 0) is 49.3 Å². The number of likely N-dealkylation sites (tertiary alicyclic amines) is 1. The molecule has 4 N–H and O–H groups in total. The fraction of sp³-hybridized carbons (Fsp3) is 0.586. The van der Waals surface area contributed by atoms with Crippen LogP contribution >= 0.6 is 18.9 Å². The number of aliphatic hydroxyl groups excluding tert-OH is 1. The molecule has 4 aliphatic rings. The second-order valence-electron chi connectivity index (χ2n) is 12.3. The van der Waals surface area contributed by atoms with E-state index in [-0.39, 0.29) is 53.5 Å². The topological polar surface area (TPSA) is 177 Å². The van der Waals surface area contributed by atoms with Gasteiger partial charge in [-0.15, -0.1) is 11.3 Å². The molecule has 0 saturated carbocycles. The summed E-state index contributed by atoms with van der Waals surface area (Å²) in [4.78, 5) is 76.8. The number of halogens is 2. The Kier molecular flexibility index (Phi) is 8.98. The van der Waals surface area contributed by atoms with Crippen molar-refractivity contribution < 1.29 is 52.2 Å². The Morgan fingerprint density at radius 2 is 1.70 bits per heavy atom. The summed E-state index contributed by atoms with van der Waals surface area (Å²) in [5.74, 6) is -1.75. The summed E-state index contributed by atoms with van der Waals surface area (Å²) in [5, 5.41) is 13.4. The van der Waals surface area contributed by atoms with E-state index in [1.54, 1.807) is 9.80 Å². The number of nitrogens with zero attached hydrogens (tertiary/aromatic N) is 3. The van der Waals surface area contributed by atoms with E-state index in [1.165, 1.54) is 17.0 Å². The Hall–Kier alpha value is -3.01. The van der Waals surface area contributed by atoms with E-state index in [0.717, 1.165) is 23.5 Å². The number of morpholine rings is 1. The van der Waals surface area contributed by atoms with Gasteiger partial charge in [0.15, 0.2) is 0 Å². The second kappa shape index (κ2) is 12.5. The Morgan fingerprint density at radius 1 is 1.00 bits per heavy atom. The normalized spacial score (nSPS) is 26.4. The molecule has 0 spiro atoms. The number of thiophene rings is 1. The lowest BCUT2D eigenvalue weighted by Gasteiger charge is -2.44. The van der Waals surface area contributed by atoms with E-state index >= 15 is 0 Å². The molecule has 13 nitrogen and oxygen atoms in total. The molecule has 4 atom stereocenters. The number of ether oxygens (including phenoxy) is 1. The third kappa shape index (κ3) is 6.18. The number of benzene rings is 1. The first-order valence-electron chi connectivity index (χ1n) is 15.2. The van der Waals surface area contributed by atoms with Gasteiger partial charge in [0.1, 0.15) is 12.1 Å². The lowest BCUT2D eigenvalue weighted by molar-refractivity contribution is -0.157. The number of aliphatic hydroxyl groups is 1. The first kappa shape index (κ1) is 32.9. The molecule has 4 aliphatic heterocycles. The molecule has 2 aromatic rings. The van der Waals surface area contributed by atoms with E-state index in [4.69, 9.17) is 14.5 Å². The third-order valence-electron chi connectivity index (χ3n) is 9.30. The van der Waals surface area contributed by atoms with Crippen LogP contribution in [-0.4, -0.2) is 117 Å². The van der Waals surface area contributed by atoms with E-state index in [9.17, 15) is 37.6 Å². The molecule has 0 unspecified atom stereocenters. The van der Waals surface area contributed by atoms with Crippen LogP contribution in [0.1, 0.15) is 47.3 Å². The van der Waals surface area contributed by atoms with Crippen LogP contribution in [0.4, 0.5) is 8.78 Å². The number of amides is 4. The van der Waals surface area contributed by atoms with Crippen LogP contribution in [0.15, 0.2) is 24.3 Å². The maximum absolute atomic E-state index is 14.3. The predicted octanol–water partition coefficient (Wildman–Crippen LogP) is 1.45. The van der Waals surface area contributed by atoms with Gasteiger partial charge in [-0.2, -0.15) is 8.78 Å². The SMILES string of the molecule is O=C(N[C@H]1C[C@H](O)CC[C@H]2CC[C@@H](C(=O)N3CC(C(=O)N4CCOCC4)C3)N2C1=O)c1cc2cc(C(F)(F)P(=O)(O)O)ccc2s1. The van der Waals surface area contributed by atoms with Crippen LogP contribution in [0.25, 0.3) is 10.1 Å². The van der Waals surface area contributed by atoms with Crippen molar-refractivity contribution in [2.45, 2.75) is 62.0 Å². The highest BCUT2D eigenvalue weighted by Gasteiger charge is 2.51. The third-order valence-corrected chi connectivity index (χ3v) is 11.4. The van der Waals surface area contributed by atoms with Crippen molar-refractivity contribution in [3.63, 3.8) is 0 Å². The highest BCUT2D eigenvalue weighted by molar-refractivity contribution is 7.52. The Labute approximate surface area is 266 Å². The number of alkyl halides is 2. The molecule has 0 bridgehead atoms. The summed E-state index contributed by atoms with van der Waals surface area (Å²) in [7, 11) is -5.79. The zero-order valence-corrected chi connectivity index (χ0v) is 26.4. The van der Waals surface area contributed by atoms with Crippen molar-refractivity contribution in [3.8, 4) is 0 Å². The number of hydrogen-bond donors (Lipinski definition) is 4.